The second kappa shape index (κ2) is 3.29. The molecule has 0 bridgehead atoms. The topological polar surface area (TPSA) is 0 Å². The molecule has 0 saturated carbocycles. The van der Waals surface area contributed by atoms with Crippen molar-refractivity contribution in [2.75, 3.05) is 5.33 Å². The molecule has 46 valence electrons. The molecule has 0 aromatic heterocycles. The Morgan fingerprint density at radius 2 is 2.50 bits per heavy atom. The SMILES string of the molecule is BrCC1C=CCCC1. The van der Waals surface area contributed by atoms with Gasteiger partial charge in [-0.05, 0) is 25.2 Å². The van der Waals surface area contributed by atoms with E-state index in [4.69, 9.17) is 0 Å². The van der Waals surface area contributed by atoms with E-state index in [0.717, 1.165) is 11.2 Å². The van der Waals surface area contributed by atoms with Crippen LogP contribution in [0, 0.1) is 5.92 Å². The third-order valence-electron chi connectivity index (χ3n) is 1.55. The zero-order valence-electron chi connectivity index (χ0n) is 4.94. The first-order valence-electron chi connectivity index (χ1n) is 3.16. The van der Waals surface area contributed by atoms with Gasteiger partial charge in [0.25, 0.3) is 0 Å². The standard InChI is InChI=1S/C7H11Br/c8-6-7-4-2-1-3-5-7/h2,4,7H,1,3,5-6H2. The molecule has 8 heavy (non-hydrogen) atoms. The Hall–Kier alpha value is 0.220. The molecule has 0 radical (unpaired) electrons. The van der Waals surface area contributed by atoms with Crippen molar-refractivity contribution >= 4 is 15.9 Å². The number of alkyl halides is 1. The maximum absolute atomic E-state index is 3.46. The first-order valence-corrected chi connectivity index (χ1v) is 4.28. The third-order valence-corrected chi connectivity index (χ3v) is 2.38. The van der Waals surface area contributed by atoms with Gasteiger partial charge in [0.05, 0.1) is 0 Å². The van der Waals surface area contributed by atoms with E-state index in [9.17, 15) is 0 Å². The fourth-order valence-electron chi connectivity index (χ4n) is 1.01. The molecule has 0 aliphatic heterocycles. The molecular formula is C7H11Br. The Kier molecular flexibility index (Phi) is 2.60. The van der Waals surface area contributed by atoms with Crippen molar-refractivity contribution in [3.63, 3.8) is 0 Å². The highest BCUT2D eigenvalue weighted by Crippen LogP contribution is 2.18. The van der Waals surface area contributed by atoms with Gasteiger partial charge >= 0.3 is 0 Å². The zero-order chi connectivity index (χ0) is 5.82. The van der Waals surface area contributed by atoms with Crippen LogP contribution in [0.4, 0.5) is 0 Å². The molecule has 0 amide bonds. The number of rotatable bonds is 1. The van der Waals surface area contributed by atoms with Gasteiger partial charge < -0.3 is 0 Å². The Morgan fingerprint density at radius 3 is 2.88 bits per heavy atom. The van der Waals surface area contributed by atoms with Crippen LogP contribution in [-0.4, -0.2) is 5.33 Å². The Labute approximate surface area is 59.1 Å². The van der Waals surface area contributed by atoms with Gasteiger partial charge in [-0.2, -0.15) is 0 Å². The van der Waals surface area contributed by atoms with Gasteiger partial charge in [0, 0.05) is 5.33 Å². The lowest BCUT2D eigenvalue weighted by atomic mass is 9.98. The minimum absolute atomic E-state index is 0.823. The molecule has 1 aliphatic carbocycles. The van der Waals surface area contributed by atoms with Gasteiger partial charge in [0.15, 0.2) is 0 Å². The van der Waals surface area contributed by atoms with Crippen LogP contribution in [0.3, 0.4) is 0 Å². The molecule has 0 N–H and O–H groups in total. The van der Waals surface area contributed by atoms with Crippen molar-refractivity contribution in [2.24, 2.45) is 5.92 Å². The van der Waals surface area contributed by atoms with Crippen molar-refractivity contribution in [1.29, 1.82) is 0 Å². The maximum atomic E-state index is 3.46. The first kappa shape index (κ1) is 6.34. The van der Waals surface area contributed by atoms with Gasteiger partial charge in [0.2, 0.25) is 0 Å². The van der Waals surface area contributed by atoms with E-state index in [1.54, 1.807) is 0 Å². The minimum atomic E-state index is 0.823. The van der Waals surface area contributed by atoms with Crippen molar-refractivity contribution < 1.29 is 0 Å². The second-order valence-corrected chi connectivity index (χ2v) is 2.92. The summed E-state index contributed by atoms with van der Waals surface area (Å²) in [5, 5.41) is 1.14. The summed E-state index contributed by atoms with van der Waals surface area (Å²) < 4.78 is 0. The average Bonchev–Trinajstić information content (AvgIpc) is 1.90. The number of hydrogen-bond donors (Lipinski definition) is 0. The Balaban J connectivity index is 2.32. The molecule has 1 aliphatic rings. The molecule has 0 heterocycles. The van der Waals surface area contributed by atoms with Crippen LogP contribution < -0.4 is 0 Å². The molecular weight excluding hydrogens is 164 g/mol. The Bertz CT molecular complexity index is 86.4. The lowest BCUT2D eigenvalue weighted by molar-refractivity contribution is 0.595. The van der Waals surface area contributed by atoms with Crippen molar-refractivity contribution in [3.05, 3.63) is 12.2 Å². The molecule has 0 spiro atoms. The molecule has 0 nitrogen and oxygen atoms in total. The summed E-state index contributed by atoms with van der Waals surface area (Å²) in [5.74, 6) is 0.823. The molecule has 1 heteroatoms. The van der Waals surface area contributed by atoms with E-state index < -0.39 is 0 Å². The van der Waals surface area contributed by atoms with E-state index in [2.05, 4.69) is 28.1 Å². The first-order chi connectivity index (χ1) is 3.93. The van der Waals surface area contributed by atoms with E-state index in [1.807, 2.05) is 0 Å². The highest BCUT2D eigenvalue weighted by molar-refractivity contribution is 9.09. The fourth-order valence-corrected chi connectivity index (χ4v) is 1.55. The molecule has 0 aromatic carbocycles. The average molecular weight is 175 g/mol. The van der Waals surface area contributed by atoms with Crippen LogP contribution in [0.15, 0.2) is 12.2 Å². The number of allylic oxidation sites excluding steroid dienone is 2. The fraction of sp³-hybridized carbons (Fsp3) is 0.714. The monoisotopic (exact) mass is 174 g/mol. The van der Waals surface area contributed by atoms with Gasteiger partial charge in [-0.3, -0.25) is 0 Å². The van der Waals surface area contributed by atoms with Crippen LogP contribution >= 0.6 is 15.9 Å². The predicted molar refractivity (Wildman–Crippen MR) is 40.3 cm³/mol. The summed E-state index contributed by atoms with van der Waals surface area (Å²) in [6, 6.07) is 0. The molecule has 0 saturated heterocycles. The molecule has 1 rings (SSSR count). The summed E-state index contributed by atoms with van der Waals surface area (Å²) in [5.41, 5.74) is 0. The summed E-state index contributed by atoms with van der Waals surface area (Å²) >= 11 is 3.46. The van der Waals surface area contributed by atoms with Gasteiger partial charge in [-0.15, -0.1) is 0 Å². The van der Waals surface area contributed by atoms with Crippen molar-refractivity contribution in [3.8, 4) is 0 Å². The van der Waals surface area contributed by atoms with E-state index in [1.165, 1.54) is 19.3 Å². The van der Waals surface area contributed by atoms with E-state index >= 15 is 0 Å². The zero-order valence-corrected chi connectivity index (χ0v) is 6.52. The van der Waals surface area contributed by atoms with Crippen LogP contribution in [-0.2, 0) is 0 Å². The smallest absolute Gasteiger partial charge is 0.00943 e. The maximum Gasteiger partial charge on any atom is 0.00943 e. The normalized spacial score (nSPS) is 28.4. The van der Waals surface area contributed by atoms with Crippen LogP contribution in [0.25, 0.3) is 0 Å². The van der Waals surface area contributed by atoms with Gasteiger partial charge in [-0.1, -0.05) is 28.1 Å². The molecule has 0 fully saturated rings. The van der Waals surface area contributed by atoms with Crippen molar-refractivity contribution in [1.82, 2.24) is 0 Å². The van der Waals surface area contributed by atoms with E-state index in [-0.39, 0.29) is 0 Å². The quantitative estimate of drug-likeness (QED) is 0.424. The van der Waals surface area contributed by atoms with Crippen molar-refractivity contribution in [2.45, 2.75) is 19.3 Å². The summed E-state index contributed by atoms with van der Waals surface area (Å²) in [6.07, 6.45) is 8.66. The van der Waals surface area contributed by atoms with E-state index in [0.29, 0.717) is 0 Å². The molecule has 1 atom stereocenters. The minimum Gasteiger partial charge on any atom is -0.0922 e. The summed E-state index contributed by atoms with van der Waals surface area (Å²) in [6.45, 7) is 0. The highest BCUT2D eigenvalue weighted by atomic mass is 79.9. The third kappa shape index (κ3) is 1.62. The highest BCUT2D eigenvalue weighted by Gasteiger charge is 2.04. The van der Waals surface area contributed by atoms with Crippen LogP contribution in [0.2, 0.25) is 0 Å². The number of halogens is 1. The second-order valence-electron chi connectivity index (χ2n) is 2.27. The predicted octanol–water partition coefficient (Wildman–Crippen LogP) is 2.74. The summed E-state index contributed by atoms with van der Waals surface area (Å²) in [7, 11) is 0. The lowest BCUT2D eigenvalue weighted by Gasteiger charge is -2.11. The largest absolute Gasteiger partial charge is 0.0922 e. The molecule has 1 unspecified atom stereocenters. The van der Waals surface area contributed by atoms with Crippen LogP contribution in [0.5, 0.6) is 0 Å². The number of hydrogen-bond acceptors (Lipinski definition) is 0. The molecule has 0 aromatic rings. The van der Waals surface area contributed by atoms with Gasteiger partial charge in [-0.25, -0.2) is 0 Å². The summed E-state index contributed by atoms with van der Waals surface area (Å²) in [4.78, 5) is 0. The van der Waals surface area contributed by atoms with Crippen LogP contribution in [0.1, 0.15) is 19.3 Å². The Morgan fingerprint density at radius 1 is 1.62 bits per heavy atom. The lowest BCUT2D eigenvalue weighted by Crippen LogP contribution is -2.00. The van der Waals surface area contributed by atoms with Gasteiger partial charge in [0.1, 0.15) is 0 Å².